The van der Waals surface area contributed by atoms with Crippen LogP contribution in [0, 0.1) is 13.8 Å². The van der Waals surface area contributed by atoms with Gasteiger partial charge in [0, 0.05) is 5.56 Å². The van der Waals surface area contributed by atoms with Crippen LogP contribution in [0.2, 0.25) is 0 Å². The molecule has 0 aliphatic heterocycles. The zero-order chi connectivity index (χ0) is 15.7. The van der Waals surface area contributed by atoms with Crippen LogP contribution in [0.3, 0.4) is 0 Å². The standard InChI is InChI=1S/C14H16N6OS/c1-8-6-4-5-7-11(8)12-16-13(21-19-12)9(2)22-14-18-17-10(3)20(14)15/h4-7,9H,15H2,1-3H3. The third kappa shape index (κ3) is 2.69. The third-order valence-electron chi connectivity index (χ3n) is 3.29. The Hall–Kier alpha value is -2.35. The lowest BCUT2D eigenvalue weighted by Gasteiger charge is -2.05. The van der Waals surface area contributed by atoms with Crippen LogP contribution in [0.25, 0.3) is 11.4 Å². The molecule has 7 nitrogen and oxygen atoms in total. The maximum atomic E-state index is 5.85. The molecule has 3 rings (SSSR count). The molecule has 0 saturated carbocycles. The number of nitrogens with two attached hydrogens (primary N) is 1. The Morgan fingerprint density at radius 3 is 2.68 bits per heavy atom. The summed E-state index contributed by atoms with van der Waals surface area (Å²) in [6, 6.07) is 7.93. The molecule has 8 heteroatoms. The summed E-state index contributed by atoms with van der Waals surface area (Å²) >= 11 is 1.42. The van der Waals surface area contributed by atoms with Crippen LogP contribution in [0.15, 0.2) is 33.9 Å². The molecular weight excluding hydrogens is 300 g/mol. The lowest BCUT2D eigenvalue weighted by molar-refractivity contribution is 0.380. The monoisotopic (exact) mass is 316 g/mol. The average molecular weight is 316 g/mol. The number of aryl methyl sites for hydroxylation is 2. The second kappa shape index (κ2) is 5.80. The van der Waals surface area contributed by atoms with Crippen molar-refractivity contribution in [1.29, 1.82) is 0 Å². The molecule has 114 valence electrons. The van der Waals surface area contributed by atoms with E-state index in [9.17, 15) is 0 Å². The number of aromatic nitrogens is 5. The van der Waals surface area contributed by atoms with Gasteiger partial charge in [-0.05, 0) is 26.3 Å². The van der Waals surface area contributed by atoms with Gasteiger partial charge in [0.2, 0.25) is 16.9 Å². The molecule has 0 aliphatic carbocycles. The van der Waals surface area contributed by atoms with E-state index in [0.29, 0.717) is 22.7 Å². The number of rotatable bonds is 4. The quantitative estimate of drug-likeness (QED) is 0.583. The predicted molar refractivity (Wildman–Crippen MR) is 83.7 cm³/mol. The zero-order valence-corrected chi connectivity index (χ0v) is 13.3. The first-order chi connectivity index (χ1) is 10.6. The molecule has 2 N–H and O–H groups in total. The maximum Gasteiger partial charge on any atom is 0.240 e. The minimum absolute atomic E-state index is 0.0730. The topological polar surface area (TPSA) is 95.7 Å². The molecule has 3 aromatic rings. The molecule has 0 saturated heterocycles. The summed E-state index contributed by atoms with van der Waals surface area (Å²) in [4.78, 5) is 4.48. The van der Waals surface area contributed by atoms with Gasteiger partial charge in [-0.3, -0.25) is 0 Å². The van der Waals surface area contributed by atoms with Crippen molar-refractivity contribution in [2.24, 2.45) is 0 Å². The van der Waals surface area contributed by atoms with E-state index < -0.39 is 0 Å². The Labute approximate surface area is 131 Å². The number of thioether (sulfide) groups is 1. The van der Waals surface area contributed by atoms with Crippen LogP contribution >= 0.6 is 11.8 Å². The Kier molecular flexibility index (Phi) is 3.84. The van der Waals surface area contributed by atoms with Crippen molar-refractivity contribution in [2.75, 3.05) is 5.84 Å². The summed E-state index contributed by atoms with van der Waals surface area (Å²) in [5, 5.41) is 12.6. The molecule has 1 aromatic carbocycles. The highest BCUT2D eigenvalue weighted by Crippen LogP contribution is 2.33. The zero-order valence-electron chi connectivity index (χ0n) is 12.5. The van der Waals surface area contributed by atoms with Crippen LogP contribution < -0.4 is 5.84 Å². The molecule has 0 amide bonds. The number of benzene rings is 1. The van der Waals surface area contributed by atoms with Crippen molar-refractivity contribution in [3.8, 4) is 11.4 Å². The van der Waals surface area contributed by atoms with E-state index >= 15 is 0 Å². The van der Waals surface area contributed by atoms with Gasteiger partial charge in [-0.1, -0.05) is 41.2 Å². The van der Waals surface area contributed by atoms with Crippen molar-refractivity contribution in [1.82, 2.24) is 25.0 Å². The van der Waals surface area contributed by atoms with Gasteiger partial charge in [0.05, 0.1) is 5.25 Å². The fourth-order valence-electron chi connectivity index (χ4n) is 1.97. The van der Waals surface area contributed by atoms with Crippen molar-refractivity contribution < 1.29 is 4.52 Å². The first-order valence-corrected chi connectivity index (χ1v) is 7.67. The predicted octanol–water partition coefficient (Wildman–Crippen LogP) is 2.51. The van der Waals surface area contributed by atoms with Gasteiger partial charge < -0.3 is 10.4 Å². The SMILES string of the molecule is Cc1ccccc1-c1noc(C(C)Sc2nnc(C)n2N)n1. The van der Waals surface area contributed by atoms with Crippen molar-refractivity contribution >= 4 is 11.8 Å². The highest BCUT2D eigenvalue weighted by molar-refractivity contribution is 7.99. The average Bonchev–Trinajstić information content (AvgIpc) is 3.10. The number of nitrogen functional groups attached to an aromatic ring is 1. The summed E-state index contributed by atoms with van der Waals surface area (Å²) in [6.45, 7) is 5.78. The molecule has 0 bridgehead atoms. The van der Waals surface area contributed by atoms with Crippen molar-refractivity contribution in [2.45, 2.75) is 31.2 Å². The molecule has 0 radical (unpaired) electrons. The van der Waals surface area contributed by atoms with Crippen LogP contribution in [0.4, 0.5) is 0 Å². The summed E-state index contributed by atoms with van der Waals surface area (Å²) in [6.07, 6.45) is 0. The Morgan fingerprint density at radius 1 is 1.23 bits per heavy atom. The molecule has 2 heterocycles. The lowest BCUT2D eigenvalue weighted by Crippen LogP contribution is -2.11. The van der Waals surface area contributed by atoms with E-state index in [1.807, 2.05) is 38.1 Å². The largest absolute Gasteiger partial charge is 0.338 e. The molecule has 0 aliphatic rings. The van der Waals surface area contributed by atoms with Crippen molar-refractivity contribution in [3.05, 3.63) is 41.5 Å². The Balaban J connectivity index is 1.81. The van der Waals surface area contributed by atoms with Gasteiger partial charge in [0.15, 0.2) is 0 Å². The normalized spacial score (nSPS) is 12.5. The smallest absolute Gasteiger partial charge is 0.240 e. The second-order valence-corrected chi connectivity index (χ2v) is 6.24. The first-order valence-electron chi connectivity index (χ1n) is 6.79. The highest BCUT2D eigenvalue weighted by Gasteiger charge is 2.20. The summed E-state index contributed by atoms with van der Waals surface area (Å²) in [5.41, 5.74) is 2.07. The molecule has 2 aromatic heterocycles. The number of hydrogen-bond acceptors (Lipinski definition) is 7. The fourth-order valence-corrected chi connectivity index (χ4v) is 2.82. The highest BCUT2D eigenvalue weighted by atomic mass is 32.2. The summed E-state index contributed by atoms with van der Waals surface area (Å²) in [5.74, 6) is 7.62. The second-order valence-electron chi connectivity index (χ2n) is 4.93. The Morgan fingerprint density at radius 2 is 2.00 bits per heavy atom. The first kappa shape index (κ1) is 14.6. The Bertz CT molecular complexity index is 796. The van der Waals surface area contributed by atoms with E-state index in [0.717, 1.165) is 11.1 Å². The van der Waals surface area contributed by atoms with E-state index in [1.54, 1.807) is 6.92 Å². The van der Waals surface area contributed by atoms with Gasteiger partial charge in [-0.2, -0.15) is 4.98 Å². The van der Waals surface area contributed by atoms with E-state index in [2.05, 4.69) is 20.3 Å². The minimum Gasteiger partial charge on any atom is -0.338 e. The molecule has 1 unspecified atom stereocenters. The van der Waals surface area contributed by atoms with Crippen LogP contribution in [0.1, 0.15) is 29.5 Å². The minimum atomic E-state index is -0.0730. The number of nitrogens with zero attached hydrogens (tertiary/aromatic N) is 5. The third-order valence-corrected chi connectivity index (χ3v) is 4.34. The van der Waals surface area contributed by atoms with E-state index in [4.69, 9.17) is 10.4 Å². The van der Waals surface area contributed by atoms with Crippen LogP contribution in [0.5, 0.6) is 0 Å². The van der Waals surface area contributed by atoms with Gasteiger partial charge in [0.1, 0.15) is 5.82 Å². The van der Waals surface area contributed by atoms with Gasteiger partial charge >= 0.3 is 0 Å². The van der Waals surface area contributed by atoms with E-state index in [1.165, 1.54) is 16.4 Å². The lowest BCUT2D eigenvalue weighted by atomic mass is 10.1. The van der Waals surface area contributed by atoms with E-state index in [-0.39, 0.29) is 5.25 Å². The van der Waals surface area contributed by atoms with Crippen molar-refractivity contribution in [3.63, 3.8) is 0 Å². The fraction of sp³-hybridized carbons (Fsp3) is 0.286. The molecule has 1 atom stereocenters. The maximum absolute atomic E-state index is 5.85. The molecule has 22 heavy (non-hydrogen) atoms. The van der Waals surface area contributed by atoms with Gasteiger partial charge in [0.25, 0.3) is 0 Å². The van der Waals surface area contributed by atoms with Gasteiger partial charge in [-0.15, -0.1) is 10.2 Å². The summed E-state index contributed by atoms with van der Waals surface area (Å²) < 4.78 is 6.82. The molecular formula is C14H16N6OS. The van der Waals surface area contributed by atoms with Crippen LogP contribution in [-0.4, -0.2) is 25.0 Å². The summed E-state index contributed by atoms with van der Waals surface area (Å²) in [7, 11) is 0. The van der Waals surface area contributed by atoms with Crippen LogP contribution in [-0.2, 0) is 0 Å². The molecule has 0 spiro atoms. The molecule has 0 fully saturated rings. The number of hydrogen-bond donors (Lipinski definition) is 1. The van der Waals surface area contributed by atoms with Gasteiger partial charge in [-0.25, -0.2) is 4.68 Å².